The minimum Gasteiger partial charge on any atom is -0.492 e. The van der Waals surface area contributed by atoms with Crippen LogP contribution in [-0.2, 0) is 0 Å². The van der Waals surface area contributed by atoms with Crippen LogP contribution in [0.15, 0.2) is 24.3 Å². The third-order valence-electron chi connectivity index (χ3n) is 3.91. The number of rotatable bonds is 4. The van der Waals surface area contributed by atoms with Crippen LogP contribution in [0.2, 0.25) is 5.02 Å². The van der Waals surface area contributed by atoms with Crippen molar-refractivity contribution in [3.8, 4) is 5.75 Å². The second-order valence-corrected chi connectivity index (χ2v) is 5.78. The van der Waals surface area contributed by atoms with Crippen LogP contribution in [0.1, 0.15) is 20.3 Å². The summed E-state index contributed by atoms with van der Waals surface area (Å²) in [5, 5.41) is 0.751. The monoisotopic (exact) mass is 267 g/mol. The summed E-state index contributed by atoms with van der Waals surface area (Å²) in [5.41, 5.74) is 0. The molecule has 2 rings (SSSR count). The highest BCUT2D eigenvalue weighted by atomic mass is 35.5. The molecule has 0 amide bonds. The molecule has 1 aromatic rings. The molecule has 18 heavy (non-hydrogen) atoms. The molecule has 1 fully saturated rings. The van der Waals surface area contributed by atoms with Crippen LogP contribution in [0.25, 0.3) is 0 Å². The number of nitrogens with zero attached hydrogens (tertiary/aromatic N) is 1. The molecular weight excluding hydrogens is 246 g/mol. The molecule has 2 nitrogen and oxygen atoms in total. The molecule has 0 bridgehead atoms. The Bertz CT molecular complexity index is 365. The van der Waals surface area contributed by atoms with E-state index in [1.54, 1.807) is 0 Å². The lowest BCUT2D eigenvalue weighted by atomic mass is 9.89. The maximum Gasteiger partial charge on any atom is 0.119 e. The fraction of sp³-hybridized carbons (Fsp3) is 0.600. The number of piperidine rings is 1. The number of halogens is 1. The van der Waals surface area contributed by atoms with Gasteiger partial charge in [0, 0.05) is 18.1 Å². The van der Waals surface area contributed by atoms with Crippen LogP contribution in [0.4, 0.5) is 0 Å². The molecular formula is C15H22ClNO. The van der Waals surface area contributed by atoms with Gasteiger partial charge in [-0.2, -0.15) is 0 Å². The highest BCUT2D eigenvalue weighted by Crippen LogP contribution is 2.22. The van der Waals surface area contributed by atoms with Gasteiger partial charge in [0.05, 0.1) is 0 Å². The Labute approximate surface area is 115 Å². The third kappa shape index (κ3) is 3.89. The van der Waals surface area contributed by atoms with Crippen LogP contribution in [0.3, 0.4) is 0 Å². The molecule has 1 aromatic carbocycles. The first-order chi connectivity index (χ1) is 8.65. The quantitative estimate of drug-likeness (QED) is 0.825. The molecule has 2 atom stereocenters. The van der Waals surface area contributed by atoms with E-state index in [4.69, 9.17) is 16.3 Å². The van der Waals surface area contributed by atoms with Gasteiger partial charge < -0.3 is 4.74 Å². The van der Waals surface area contributed by atoms with Gasteiger partial charge in [0.1, 0.15) is 12.4 Å². The van der Waals surface area contributed by atoms with Crippen molar-refractivity contribution in [1.82, 2.24) is 4.90 Å². The van der Waals surface area contributed by atoms with Crippen molar-refractivity contribution in [3.63, 3.8) is 0 Å². The van der Waals surface area contributed by atoms with E-state index in [2.05, 4.69) is 18.7 Å². The Morgan fingerprint density at radius 1 is 1.22 bits per heavy atom. The lowest BCUT2D eigenvalue weighted by Gasteiger charge is -2.35. The predicted octanol–water partition coefficient (Wildman–Crippen LogP) is 3.70. The Morgan fingerprint density at radius 3 is 2.61 bits per heavy atom. The van der Waals surface area contributed by atoms with E-state index in [-0.39, 0.29) is 0 Å². The van der Waals surface area contributed by atoms with Gasteiger partial charge in [-0.25, -0.2) is 0 Å². The molecule has 1 heterocycles. The van der Waals surface area contributed by atoms with Crippen LogP contribution in [-0.4, -0.2) is 31.1 Å². The minimum atomic E-state index is 0.751. The summed E-state index contributed by atoms with van der Waals surface area (Å²) in [6.07, 6.45) is 1.31. The average molecular weight is 268 g/mol. The normalized spacial score (nSPS) is 25.1. The lowest BCUT2D eigenvalue weighted by molar-refractivity contribution is 0.119. The number of likely N-dealkylation sites (tertiary alicyclic amines) is 1. The first-order valence-electron chi connectivity index (χ1n) is 6.76. The Kier molecular flexibility index (Phi) is 4.90. The number of benzene rings is 1. The molecule has 100 valence electrons. The molecule has 0 saturated carbocycles. The molecule has 2 unspecified atom stereocenters. The summed E-state index contributed by atoms with van der Waals surface area (Å²) in [6, 6.07) is 7.57. The molecule has 1 aliphatic rings. The van der Waals surface area contributed by atoms with E-state index in [9.17, 15) is 0 Å². The van der Waals surface area contributed by atoms with E-state index in [0.29, 0.717) is 0 Å². The predicted molar refractivity (Wildman–Crippen MR) is 76.3 cm³/mol. The van der Waals surface area contributed by atoms with Gasteiger partial charge in [0.25, 0.3) is 0 Å². The molecule has 1 aliphatic heterocycles. The van der Waals surface area contributed by atoms with Crippen LogP contribution >= 0.6 is 11.6 Å². The summed E-state index contributed by atoms with van der Waals surface area (Å²) in [5.74, 6) is 2.56. The zero-order valence-corrected chi connectivity index (χ0v) is 12.0. The topological polar surface area (TPSA) is 12.5 Å². The van der Waals surface area contributed by atoms with E-state index in [1.807, 2.05) is 24.3 Å². The standard InChI is InChI=1S/C15H22ClNO/c1-12-7-8-17(11-13(12)2)9-10-18-15-5-3-14(16)4-6-15/h3-6,12-13H,7-11H2,1-2H3. The zero-order valence-electron chi connectivity index (χ0n) is 11.2. The molecule has 0 aliphatic carbocycles. The maximum atomic E-state index is 5.83. The average Bonchev–Trinajstić information content (AvgIpc) is 2.36. The summed E-state index contributed by atoms with van der Waals surface area (Å²) >= 11 is 5.83. The van der Waals surface area contributed by atoms with Gasteiger partial charge in [-0.1, -0.05) is 25.4 Å². The van der Waals surface area contributed by atoms with Crippen molar-refractivity contribution < 1.29 is 4.74 Å². The van der Waals surface area contributed by atoms with E-state index in [0.717, 1.165) is 35.8 Å². The molecule has 0 radical (unpaired) electrons. The zero-order chi connectivity index (χ0) is 13.0. The second kappa shape index (κ2) is 6.44. The molecule has 1 saturated heterocycles. The minimum absolute atomic E-state index is 0.751. The van der Waals surface area contributed by atoms with E-state index in [1.165, 1.54) is 19.5 Å². The van der Waals surface area contributed by atoms with Gasteiger partial charge in [-0.05, 0) is 49.1 Å². The van der Waals surface area contributed by atoms with Crippen molar-refractivity contribution >= 4 is 11.6 Å². The second-order valence-electron chi connectivity index (χ2n) is 5.35. The van der Waals surface area contributed by atoms with E-state index >= 15 is 0 Å². The molecule has 0 spiro atoms. The van der Waals surface area contributed by atoms with Crippen molar-refractivity contribution in [1.29, 1.82) is 0 Å². The Balaban J connectivity index is 1.71. The highest BCUT2D eigenvalue weighted by Gasteiger charge is 2.22. The van der Waals surface area contributed by atoms with E-state index < -0.39 is 0 Å². The van der Waals surface area contributed by atoms with Crippen molar-refractivity contribution in [3.05, 3.63) is 29.3 Å². The first-order valence-corrected chi connectivity index (χ1v) is 7.13. The van der Waals surface area contributed by atoms with Crippen LogP contribution in [0, 0.1) is 11.8 Å². The summed E-state index contributed by atoms with van der Waals surface area (Å²) < 4.78 is 5.73. The smallest absolute Gasteiger partial charge is 0.119 e. The fourth-order valence-corrected chi connectivity index (χ4v) is 2.50. The summed E-state index contributed by atoms with van der Waals surface area (Å²) in [6.45, 7) is 8.87. The van der Waals surface area contributed by atoms with Crippen molar-refractivity contribution in [2.75, 3.05) is 26.2 Å². The summed E-state index contributed by atoms with van der Waals surface area (Å²) in [4.78, 5) is 2.50. The van der Waals surface area contributed by atoms with Gasteiger partial charge in [-0.3, -0.25) is 4.90 Å². The third-order valence-corrected chi connectivity index (χ3v) is 4.16. The molecule has 3 heteroatoms. The molecule has 0 N–H and O–H groups in total. The lowest BCUT2D eigenvalue weighted by Crippen LogP contribution is -2.40. The largest absolute Gasteiger partial charge is 0.492 e. The van der Waals surface area contributed by atoms with Gasteiger partial charge >= 0.3 is 0 Å². The van der Waals surface area contributed by atoms with Gasteiger partial charge in [-0.15, -0.1) is 0 Å². The van der Waals surface area contributed by atoms with Crippen molar-refractivity contribution in [2.24, 2.45) is 11.8 Å². The highest BCUT2D eigenvalue weighted by molar-refractivity contribution is 6.30. The molecule has 0 aromatic heterocycles. The van der Waals surface area contributed by atoms with Crippen LogP contribution in [0.5, 0.6) is 5.75 Å². The first kappa shape index (κ1) is 13.7. The number of hydrogen-bond acceptors (Lipinski definition) is 2. The Hall–Kier alpha value is -0.730. The van der Waals surface area contributed by atoms with Gasteiger partial charge in [0.15, 0.2) is 0 Å². The van der Waals surface area contributed by atoms with Crippen LogP contribution < -0.4 is 4.74 Å². The fourth-order valence-electron chi connectivity index (χ4n) is 2.38. The number of hydrogen-bond donors (Lipinski definition) is 0. The SMILES string of the molecule is CC1CCN(CCOc2ccc(Cl)cc2)CC1C. The maximum absolute atomic E-state index is 5.83. The Morgan fingerprint density at radius 2 is 1.94 bits per heavy atom. The summed E-state index contributed by atoms with van der Waals surface area (Å²) in [7, 11) is 0. The van der Waals surface area contributed by atoms with Gasteiger partial charge in [0.2, 0.25) is 0 Å². The van der Waals surface area contributed by atoms with Crippen molar-refractivity contribution in [2.45, 2.75) is 20.3 Å². The number of ether oxygens (including phenoxy) is 1.